The topological polar surface area (TPSA) is 45.2 Å². The molecule has 0 saturated carbocycles. The van der Waals surface area contributed by atoms with Crippen LogP contribution in [0.15, 0.2) is 24.5 Å². The van der Waals surface area contributed by atoms with Gasteiger partial charge in [-0.1, -0.05) is 6.07 Å². The number of rotatable bonds is 2. The summed E-state index contributed by atoms with van der Waals surface area (Å²) in [5, 5.41) is 3.09. The first-order chi connectivity index (χ1) is 9.41. The van der Waals surface area contributed by atoms with E-state index in [2.05, 4.69) is 10.3 Å². The van der Waals surface area contributed by atoms with E-state index in [4.69, 9.17) is 0 Å². The highest BCUT2D eigenvalue weighted by molar-refractivity contribution is 5.85. The molecule has 8 heteroatoms. The van der Waals surface area contributed by atoms with Gasteiger partial charge < -0.3 is 10.2 Å². The van der Waals surface area contributed by atoms with Crippen LogP contribution in [0, 0.1) is 5.92 Å². The van der Waals surface area contributed by atoms with Gasteiger partial charge in [-0.2, -0.15) is 13.2 Å². The lowest BCUT2D eigenvalue weighted by Crippen LogP contribution is -2.52. The monoisotopic (exact) mass is 323 g/mol. The van der Waals surface area contributed by atoms with Crippen LogP contribution in [0.25, 0.3) is 0 Å². The zero-order valence-corrected chi connectivity index (χ0v) is 12.2. The predicted octanol–water partition coefficient (Wildman–Crippen LogP) is 2.17. The molecule has 2 atom stereocenters. The van der Waals surface area contributed by atoms with Crippen molar-refractivity contribution in [3.05, 3.63) is 30.1 Å². The largest absolute Gasteiger partial charge is 0.400 e. The smallest absolute Gasteiger partial charge is 0.333 e. The minimum Gasteiger partial charge on any atom is -0.333 e. The third-order valence-electron chi connectivity index (χ3n) is 3.46. The number of halogens is 4. The zero-order valence-electron chi connectivity index (χ0n) is 11.4. The van der Waals surface area contributed by atoms with Crippen LogP contribution in [0.4, 0.5) is 13.2 Å². The highest BCUT2D eigenvalue weighted by Gasteiger charge is 2.44. The van der Waals surface area contributed by atoms with Crippen LogP contribution in [0.5, 0.6) is 0 Å². The molecule has 1 aliphatic rings. The van der Waals surface area contributed by atoms with Gasteiger partial charge in [0.25, 0.3) is 0 Å². The van der Waals surface area contributed by atoms with Crippen LogP contribution in [0.1, 0.15) is 18.5 Å². The van der Waals surface area contributed by atoms with E-state index in [-0.39, 0.29) is 19.0 Å². The Morgan fingerprint density at radius 1 is 1.52 bits per heavy atom. The summed E-state index contributed by atoms with van der Waals surface area (Å²) in [6.07, 6.45) is -1.35. The first-order valence-electron chi connectivity index (χ1n) is 6.39. The van der Waals surface area contributed by atoms with Crippen LogP contribution in [-0.2, 0) is 4.79 Å². The lowest BCUT2D eigenvalue weighted by Gasteiger charge is -2.38. The van der Waals surface area contributed by atoms with Crippen LogP contribution in [0.3, 0.4) is 0 Å². The highest BCUT2D eigenvalue weighted by Crippen LogP contribution is 2.31. The van der Waals surface area contributed by atoms with Crippen LogP contribution in [0.2, 0.25) is 0 Å². The summed E-state index contributed by atoms with van der Waals surface area (Å²) in [6.45, 7) is 2.10. The fourth-order valence-electron chi connectivity index (χ4n) is 2.23. The molecule has 1 saturated heterocycles. The normalized spacial score (nSPS) is 20.6. The van der Waals surface area contributed by atoms with Crippen molar-refractivity contribution < 1.29 is 18.0 Å². The number of amides is 1. The number of nitrogens with zero attached hydrogens (tertiary/aromatic N) is 2. The van der Waals surface area contributed by atoms with Crippen LogP contribution >= 0.6 is 12.4 Å². The summed E-state index contributed by atoms with van der Waals surface area (Å²) in [5.74, 6) is -2.87. The number of nitrogens with one attached hydrogen (secondary N) is 1. The van der Waals surface area contributed by atoms with E-state index < -0.39 is 24.0 Å². The maximum absolute atomic E-state index is 12.7. The van der Waals surface area contributed by atoms with E-state index in [0.29, 0.717) is 13.1 Å². The van der Waals surface area contributed by atoms with Gasteiger partial charge in [0.05, 0.1) is 6.04 Å². The summed E-state index contributed by atoms with van der Waals surface area (Å²) in [4.78, 5) is 17.3. The quantitative estimate of drug-likeness (QED) is 0.907. The number of hydrogen-bond donors (Lipinski definition) is 1. The van der Waals surface area contributed by atoms with Gasteiger partial charge in [-0.05, 0) is 18.6 Å². The van der Waals surface area contributed by atoms with Crippen molar-refractivity contribution in [3.8, 4) is 0 Å². The van der Waals surface area contributed by atoms with E-state index in [0.717, 1.165) is 12.5 Å². The fraction of sp³-hybridized carbons (Fsp3) is 0.538. The highest BCUT2D eigenvalue weighted by atomic mass is 35.5. The number of hydrogen-bond acceptors (Lipinski definition) is 3. The molecule has 2 unspecified atom stereocenters. The molecule has 21 heavy (non-hydrogen) atoms. The first kappa shape index (κ1) is 17.7. The molecule has 0 radical (unpaired) electrons. The fourth-order valence-corrected chi connectivity index (χ4v) is 2.23. The molecule has 1 aliphatic heterocycles. The van der Waals surface area contributed by atoms with E-state index in [1.807, 2.05) is 0 Å². The van der Waals surface area contributed by atoms with E-state index in [1.165, 1.54) is 4.90 Å². The molecule has 1 amide bonds. The van der Waals surface area contributed by atoms with Gasteiger partial charge in [-0.15, -0.1) is 12.4 Å². The molecule has 1 aromatic rings. The maximum atomic E-state index is 12.7. The van der Waals surface area contributed by atoms with Gasteiger partial charge in [0.15, 0.2) is 0 Å². The second kappa shape index (κ2) is 7.09. The molecule has 118 valence electrons. The molecular formula is C13H17ClF3N3O. The van der Waals surface area contributed by atoms with Crippen molar-refractivity contribution in [2.75, 3.05) is 19.6 Å². The van der Waals surface area contributed by atoms with E-state index in [1.54, 1.807) is 24.5 Å². The van der Waals surface area contributed by atoms with Crippen molar-refractivity contribution in [2.45, 2.75) is 19.1 Å². The molecular weight excluding hydrogens is 307 g/mol. The molecule has 1 N–H and O–H groups in total. The predicted molar refractivity (Wildman–Crippen MR) is 74.0 cm³/mol. The molecule has 4 nitrogen and oxygen atoms in total. The Morgan fingerprint density at radius 3 is 2.81 bits per heavy atom. The Balaban J connectivity index is 0.00000220. The number of aromatic nitrogens is 1. The minimum absolute atomic E-state index is 0. The molecule has 0 spiro atoms. The Bertz CT molecular complexity index is 469. The Morgan fingerprint density at radius 2 is 2.24 bits per heavy atom. The lowest BCUT2D eigenvalue weighted by molar-refractivity contribution is -0.187. The Kier molecular flexibility index (Phi) is 5.98. The number of carbonyl (C=O) groups excluding carboxylic acids is 1. The zero-order chi connectivity index (χ0) is 14.8. The summed E-state index contributed by atoms with van der Waals surface area (Å²) in [6, 6.07) is 3.07. The Hall–Kier alpha value is -1.34. The Labute approximate surface area is 127 Å². The number of pyridine rings is 1. The number of carbonyl (C=O) groups is 1. The summed E-state index contributed by atoms with van der Waals surface area (Å²) in [7, 11) is 0. The van der Waals surface area contributed by atoms with E-state index in [9.17, 15) is 18.0 Å². The molecule has 2 heterocycles. The van der Waals surface area contributed by atoms with Gasteiger partial charge in [-0.3, -0.25) is 9.78 Å². The van der Waals surface area contributed by atoms with Crippen molar-refractivity contribution in [1.29, 1.82) is 0 Å². The summed E-state index contributed by atoms with van der Waals surface area (Å²) < 4.78 is 38.1. The van der Waals surface area contributed by atoms with Gasteiger partial charge in [0.1, 0.15) is 5.92 Å². The van der Waals surface area contributed by atoms with Crippen molar-refractivity contribution in [2.24, 2.45) is 5.92 Å². The van der Waals surface area contributed by atoms with Gasteiger partial charge in [0, 0.05) is 32.0 Å². The number of alkyl halides is 3. The molecule has 1 fully saturated rings. The molecule has 2 rings (SSSR count). The second-order valence-electron chi connectivity index (χ2n) is 4.80. The van der Waals surface area contributed by atoms with Crippen LogP contribution in [-0.4, -0.2) is 41.6 Å². The average molecular weight is 324 g/mol. The molecule has 1 aromatic heterocycles. The van der Waals surface area contributed by atoms with E-state index >= 15 is 0 Å². The van der Waals surface area contributed by atoms with Crippen LogP contribution < -0.4 is 5.32 Å². The second-order valence-corrected chi connectivity index (χ2v) is 4.80. The minimum atomic E-state index is -4.51. The first-order valence-corrected chi connectivity index (χ1v) is 6.39. The summed E-state index contributed by atoms with van der Waals surface area (Å²) in [5.41, 5.74) is 0.738. The van der Waals surface area contributed by atoms with Crippen molar-refractivity contribution in [1.82, 2.24) is 15.2 Å². The molecule has 0 bridgehead atoms. The SMILES string of the molecule is CC(C(=O)N1CCNCC1c1cccnc1)C(F)(F)F.Cl. The molecule has 0 aromatic carbocycles. The van der Waals surface area contributed by atoms with Crippen molar-refractivity contribution in [3.63, 3.8) is 0 Å². The number of piperazine rings is 1. The van der Waals surface area contributed by atoms with Gasteiger partial charge in [-0.25, -0.2) is 0 Å². The van der Waals surface area contributed by atoms with Gasteiger partial charge in [0.2, 0.25) is 5.91 Å². The maximum Gasteiger partial charge on any atom is 0.400 e. The van der Waals surface area contributed by atoms with Gasteiger partial charge >= 0.3 is 6.18 Å². The third-order valence-corrected chi connectivity index (χ3v) is 3.46. The van der Waals surface area contributed by atoms with Crippen molar-refractivity contribution >= 4 is 18.3 Å². The standard InChI is InChI=1S/C13H16F3N3O.ClH/c1-9(13(14,15)16)12(20)19-6-5-18-8-11(19)10-3-2-4-17-7-10;/h2-4,7,9,11,18H,5-6,8H2,1H3;1H. The lowest BCUT2D eigenvalue weighted by atomic mass is 10.0. The molecule has 0 aliphatic carbocycles. The summed E-state index contributed by atoms with van der Waals surface area (Å²) >= 11 is 0. The third kappa shape index (κ3) is 4.07. The average Bonchev–Trinajstić information content (AvgIpc) is 2.45.